The minimum Gasteiger partial charge on any atom is -0.480 e. The summed E-state index contributed by atoms with van der Waals surface area (Å²) in [5.74, 6) is -1.06. The number of rotatable bonds is 6. The van der Waals surface area contributed by atoms with E-state index >= 15 is 0 Å². The molecule has 0 spiro atoms. The number of aliphatic carboxylic acids is 1. The average molecular weight is 319 g/mol. The van der Waals surface area contributed by atoms with E-state index in [4.69, 9.17) is 0 Å². The summed E-state index contributed by atoms with van der Waals surface area (Å²) in [6.45, 7) is 4.61. The van der Waals surface area contributed by atoms with Crippen molar-refractivity contribution in [2.24, 2.45) is 0 Å². The molecule has 8 heteroatoms. The highest BCUT2D eigenvalue weighted by Gasteiger charge is 2.36. The van der Waals surface area contributed by atoms with Crippen LogP contribution in [0.4, 0.5) is 0 Å². The van der Waals surface area contributed by atoms with Gasteiger partial charge in [-0.1, -0.05) is 0 Å². The number of piperidine rings is 1. The van der Waals surface area contributed by atoms with E-state index in [0.717, 1.165) is 36.7 Å². The highest BCUT2D eigenvalue weighted by atomic mass is 32.2. The molecule has 0 aliphatic carbocycles. The second kappa shape index (κ2) is 7.04. The first kappa shape index (κ1) is 16.7. The Bertz CT molecular complexity index is 462. The number of hydrogen-bond acceptors (Lipinski definition) is 4. The Balaban J connectivity index is 1.94. The van der Waals surface area contributed by atoms with Crippen LogP contribution in [-0.2, 0) is 15.0 Å². The first-order chi connectivity index (χ1) is 9.92. The highest BCUT2D eigenvalue weighted by Crippen LogP contribution is 2.20. The van der Waals surface area contributed by atoms with Gasteiger partial charge in [0.05, 0.1) is 0 Å². The van der Waals surface area contributed by atoms with Gasteiger partial charge in [-0.05, 0) is 52.1 Å². The van der Waals surface area contributed by atoms with Crippen LogP contribution in [0.3, 0.4) is 0 Å². The number of nitrogens with one attached hydrogen (secondary N) is 1. The summed E-state index contributed by atoms with van der Waals surface area (Å²) in [6.07, 6.45) is 4.17. The van der Waals surface area contributed by atoms with Crippen LogP contribution in [0.2, 0.25) is 0 Å². The first-order valence-electron chi connectivity index (χ1n) is 7.65. The van der Waals surface area contributed by atoms with Crippen molar-refractivity contribution in [2.45, 2.75) is 51.1 Å². The quantitative estimate of drug-likeness (QED) is 0.732. The summed E-state index contributed by atoms with van der Waals surface area (Å²) in [7, 11) is -3.73. The molecule has 2 fully saturated rings. The Hall–Kier alpha value is -0.700. The Morgan fingerprint density at radius 1 is 1.24 bits per heavy atom. The lowest BCUT2D eigenvalue weighted by Crippen LogP contribution is -2.53. The third kappa shape index (κ3) is 4.15. The second-order valence-electron chi connectivity index (χ2n) is 5.91. The molecule has 2 N–H and O–H groups in total. The zero-order valence-electron chi connectivity index (χ0n) is 12.5. The summed E-state index contributed by atoms with van der Waals surface area (Å²) in [5.41, 5.74) is 0. The van der Waals surface area contributed by atoms with Crippen LogP contribution in [0.15, 0.2) is 0 Å². The molecule has 0 aromatic carbocycles. The first-order valence-corrected chi connectivity index (χ1v) is 9.09. The molecule has 2 unspecified atom stereocenters. The molecular weight excluding hydrogens is 294 g/mol. The van der Waals surface area contributed by atoms with E-state index in [0.29, 0.717) is 19.4 Å². The zero-order valence-corrected chi connectivity index (χ0v) is 13.3. The fourth-order valence-electron chi connectivity index (χ4n) is 3.06. The third-order valence-electron chi connectivity index (χ3n) is 4.37. The van der Waals surface area contributed by atoms with Crippen molar-refractivity contribution >= 4 is 16.2 Å². The van der Waals surface area contributed by atoms with Gasteiger partial charge in [0.2, 0.25) is 0 Å². The van der Waals surface area contributed by atoms with E-state index in [9.17, 15) is 18.3 Å². The molecule has 122 valence electrons. The maximum Gasteiger partial charge on any atom is 0.322 e. The normalized spacial score (nSPS) is 26.8. The molecule has 7 nitrogen and oxygen atoms in total. The van der Waals surface area contributed by atoms with Crippen molar-refractivity contribution in [3.8, 4) is 0 Å². The van der Waals surface area contributed by atoms with E-state index in [1.54, 1.807) is 0 Å². The lowest BCUT2D eigenvalue weighted by atomic mass is 10.1. The lowest BCUT2D eigenvalue weighted by molar-refractivity contribution is -0.142. The van der Waals surface area contributed by atoms with Gasteiger partial charge in [0.15, 0.2) is 0 Å². The van der Waals surface area contributed by atoms with E-state index in [1.807, 2.05) is 6.92 Å². The maximum atomic E-state index is 12.4. The molecule has 2 aliphatic rings. The minimum atomic E-state index is -3.73. The van der Waals surface area contributed by atoms with E-state index in [2.05, 4.69) is 9.62 Å². The fourth-order valence-corrected chi connectivity index (χ4v) is 4.58. The van der Waals surface area contributed by atoms with Gasteiger partial charge >= 0.3 is 5.97 Å². The van der Waals surface area contributed by atoms with Crippen LogP contribution in [0.5, 0.6) is 0 Å². The molecule has 0 saturated carbocycles. The van der Waals surface area contributed by atoms with Gasteiger partial charge in [0.1, 0.15) is 6.04 Å². The van der Waals surface area contributed by atoms with Crippen molar-refractivity contribution in [3.05, 3.63) is 0 Å². The van der Waals surface area contributed by atoms with Gasteiger partial charge in [0, 0.05) is 19.1 Å². The van der Waals surface area contributed by atoms with Crippen molar-refractivity contribution in [1.82, 2.24) is 13.9 Å². The number of carboxylic acids is 1. The monoisotopic (exact) mass is 319 g/mol. The van der Waals surface area contributed by atoms with Gasteiger partial charge in [-0.15, -0.1) is 0 Å². The summed E-state index contributed by atoms with van der Waals surface area (Å²) in [5, 5.41) is 9.18. The molecule has 0 bridgehead atoms. The van der Waals surface area contributed by atoms with Gasteiger partial charge in [-0.3, -0.25) is 9.69 Å². The van der Waals surface area contributed by atoms with Gasteiger partial charge < -0.3 is 5.11 Å². The smallest absolute Gasteiger partial charge is 0.322 e. The van der Waals surface area contributed by atoms with Gasteiger partial charge in [0.25, 0.3) is 10.2 Å². The topological polar surface area (TPSA) is 90.0 Å². The van der Waals surface area contributed by atoms with Crippen LogP contribution in [-0.4, -0.2) is 67.0 Å². The molecule has 0 aromatic heterocycles. The molecule has 2 aliphatic heterocycles. The van der Waals surface area contributed by atoms with Crippen molar-refractivity contribution < 1.29 is 18.3 Å². The second-order valence-corrected chi connectivity index (χ2v) is 7.61. The number of nitrogens with zero attached hydrogens (tertiary/aromatic N) is 2. The van der Waals surface area contributed by atoms with Crippen molar-refractivity contribution in [2.75, 3.05) is 26.2 Å². The van der Waals surface area contributed by atoms with E-state index in [1.165, 1.54) is 0 Å². The van der Waals surface area contributed by atoms with Crippen LogP contribution >= 0.6 is 0 Å². The van der Waals surface area contributed by atoms with Crippen LogP contribution in [0.1, 0.15) is 39.0 Å². The molecule has 0 radical (unpaired) electrons. The molecule has 21 heavy (non-hydrogen) atoms. The van der Waals surface area contributed by atoms with E-state index < -0.39 is 22.2 Å². The van der Waals surface area contributed by atoms with Gasteiger partial charge in [-0.2, -0.15) is 12.7 Å². The molecule has 2 rings (SSSR count). The third-order valence-corrected chi connectivity index (χ3v) is 5.96. The largest absolute Gasteiger partial charge is 0.480 e. The molecular formula is C13H25N3O4S. The lowest BCUT2D eigenvalue weighted by Gasteiger charge is -2.32. The summed E-state index contributed by atoms with van der Waals surface area (Å²) in [4.78, 5) is 13.5. The standard InChI is InChI=1S/C13H25N3O4S/c1-11(15-7-4-5-8-15)10-14-21(19,20)16-9-3-2-6-12(16)13(17)18/h11-12,14H,2-10H2,1H3,(H,17,18). The predicted molar refractivity (Wildman–Crippen MR) is 79.2 cm³/mol. The Labute approximate surface area is 126 Å². The fraction of sp³-hybridized carbons (Fsp3) is 0.923. The Morgan fingerprint density at radius 2 is 1.86 bits per heavy atom. The SMILES string of the molecule is CC(CNS(=O)(=O)N1CCCCC1C(=O)O)N1CCCC1. The van der Waals surface area contributed by atoms with Crippen molar-refractivity contribution in [3.63, 3.8) is 0 Å². The Kier molecular flexibility index (Phi) is 5.59. The molecule has 0 aromatic rings. The van der Waals surface area contributed by atoms with Crippen molar-refractivity contribution in [1.29, 1.82) is 0 Å². The number of likely N-dealkylation sites (tertiary alicyclic amines) is 1. The average Bonchev–Trinajstić information content (AvgIpc) is 2.99. The molecule has 2 saturated heterocycles. The number of hydrogen-bond donors (Lipinski definition) is 2. The minimum absolute atomic E-state index is 0.135. The maximum absolute atomic E-state index is 12.4. The predicted octanol–water partition coefficient (Wildman–Crippen LogP) is 0.244. The Morgan fingerprint density at radius 3 is 2.48 bits per heavy atom. The molecule has 2 atom stereocenters. The van der Waals surface area contributed by atoms with Crippen LogP contribution < -0.4 is 4.72 Å². The zero-order chi connectivity index (χ0) is 15.5. The van der Waals surface area contributed by atoms with Gasteiger partial charge in [-0.25, -0.2) is 4.72 Å². The molecule has 0 amide bonds. The number of carbonyl (C=O) groups is 1. The summed E-state index contributed by atoms with van der Waals surface area (Å²) >= 11 is 0. The summed E-state index contributed by atoms with van der Waals surface area (Å²) < 4.78 is 28.4. The van der Waals surface area contributed by atoms with Crippen LogP contribution in [0, 0.1) is 0 Å². The highest BCUT2D eigenvalue weighted by molar-refractivity contribution is 7.87. The molecule has 2 heterocycles. The summed E-state index contributed by atoms with van der Waals surface area (Å²) in [6, 6.07) is -0.798. The number of carboxylic acid groups (broad SMARTS) is 1. The van der Waals surface area contributed by atoms with Crippen LogP contribution in [0.25, 0.3) is 0 Å². The van der Waals surface area contributed by atoms with E-state index in [-0.39, 0.29) is 12.6 Å².